The minimum Gasteiger partial charge on any atom is -0.376 e. The molecule has 8 heteroatoms. The Balaban J connectivity index is 1.68. The molecule has 1 aliphatic heterocycles. The van der Waals surface area contributed by atoms with Crippen LogP contribution in [0.3, 0.4) is 0 Å². The summed E-state index contributed by atoms with van der Waals surface area (Å²) in [5, 5.41) is 14.5. The number of hydrogen-bond donors (Lipinski definition) is 2. The third-order valence-corrected chi connectivity index (χ3v) is 7.86. The number of piperidine rings is 1. The number of aryl methyl sites for hydroxylation is 1. The van der Waals surface area contributed by atoms with E-state index in [9.17, 15) is 13.5 Å². The summed E-state index contributed by atoms with van der Waals surface area (Å²) in [5.41, 5.74) is 1.52. The molecule has 0 radical (unpaired) electrons. The molecule has 1 saturated heterocycles. The second-order valence-electron chi connectivity index (χ2n) is 8.91. The highest BCUT2D eigenvalue weighted by Crippen LogP contribution is 2.35. The second kappa shape index (κ2) is 9.70. The van der Waals surface area contributed by atoms with E-state index in [2.05, 4.69) is 27.1 Å². The highest BCUT2D eigenvalue weighted by atomic mass is 32.2. The summed E-state index contributed by atoms with van der Waals surface area (Å²) in [6, 6.07) is 21.0. The van der Waals surface area contributed by atoms with Gasteiger partial charge in [-0.2, -0.15) is 0 Å². The van der Waals surface area contributed by atoms with Crippen molar-refractivity contribution in [3.05, 3.63) is 90.3 Å². The third-order valence-electron chi connectivity index (χ3n) is 6.13. The summed E-state index contributed by atoms with van der Waals surface area (Å²) < 4.78 is 29.1. The average Bonchev–Trinajstić information content (AvgIpc) is 2.89. The third kappa shape index (κ3) is 4.82. The quantitative estimate of drug-likeness (QED) is 0.414. The Morgan fingerprint density at radius 2 is 1.86 bits per heavy atom. The van der Waals surface area contributed by atoms with Crippen LogP contribution in [0.4, 0.5) is 11.5 Å². The van der Waals surface area contributed by atoms with Crippen molar-refractivity contribution in [3.8, 4) is 11.8 Å². The van der Waals surface area contributed by atoms with Crippen LogP contribution in [0.2, 0.25) is 0 Å². The molecule has 2 heterocycles. The van der Waals surface area contributed by atoms with Gasteiger partial charge in [0.2, 0.25) is 0 Å². The summed E-state index contributed by atoms with van der Waals surface area (Å²) in [6.07, 6.45) is 2.82. The van der Waals surface area contributed by atoms with E-state index in [1.165, 1.54) is 10.6 Å². The van der Waals surface area contributed by atoms with Crippen molar-refractivity contribution in [1.82, 2.24) is 15.3 Å². The lowest BCUT2D eigenvalue weighted by Crippen LogP contribution is -2.44. The van der Waals surface area contributed by atoms with Crippen LogP contribution in [0.5, 0.6) is 0 Å². The average molecular weight is 499 g/mol. The fourth-order valence-electron chi connectivity index (χ4n) is 4.29. The number of rotatable bonds is 4. The standard InChI is InChI=1S/C28H26N4O3S/c1-21-7-5-8-23(17-21)32(36(34,35)24-9-3-2-4-10-24)27-25-18-22(11-12-26(25)30-20-31-27)13-15-28(33)14-6-16-29-19-28/h2-5,7-12,17-18,20,29,33H,6,14,16,19H2,1H3. The molecule has 7 nitrogen and oxygen atoms in total. The molecule has 1 unspecified atom stereocenters. The number of anilines is 2. The molecular weight excluding hydrogens is 472 g/mol. The molecule has 1 aromatic heterocycles. The SMILES string of the molecule is Cc1cccc(N(c2ncnc3ccc(C#CC4(O)CCCNC4)cc23)S(=O)(=O)c2ccccc2)c1. The number of aliphatic hydroxyl groups is 1. The summed E-state index contributed by atoms with van der Waals surface area (Å²) >= 11 is 0. The van der Waals surface area contributed by atoms with Crippen LogP contribution < -0.4 is 9.62 Å². The van der Waals surface area contributed by atoms with Crippen molar-refractivity contribution in [2.75, 3.05) is 17.4 Å². The molecule has 4 aromatic rings. The van der Waals surface area contributed by atoms with Crippen molar-refractivity contribution in [3.63, 3.8) is 0 Å². The van der Waals surface area contributed by atoms with Crippen molar-refractivity contribution < 1.29 is 13.5 Å². The molecule has 0 bridgehead atoms. The van der Waals surface area contributed by atoms with Crippen molar-refractivity contribution in [2.45, 2.75) is 30.3 Å². The molecule has 0 spiro atoms. The lowest BCUT2D eigenvalue weighted by molar-refractivity contribution is 0.0736. The van der Waals surface area contributed by atoms with Gasteiger partial charge in [0, 0.05) is 17.5 Å². The zero-order valence-corrected chi connectivity index (χ0v) is 20.7. The minimum absolute atomic E-state index is 0.154. The monoisotopic (exact) mass is 498 g/mol. The van der Waals surface area contributed by atoms with Gasteiger partial charge >= 0.3 is 0 Å². The minimum atomic E-state index is -4.01. The molecule has 1 aliphatic rings. The van der Waals surface area contributed by atoms with E-state index in [-0.39, 0.29) is 10.7 Å². The molecule has 2 N–H and O–H groups in total. The molecule has 0 aliphatic carbocycles. The van der Waals surface area contributed by atoms with Crippen LogP contribution in [0.15, 0.2) is 84.0 Å². The zero-order valence-electron chi connectivity index (χ0n) is 19.8. The topological polar surface area (TPSA) is 95.4 Å². The lowest BCUT2D eigenvalue weighted by atomic mass is 9.94. The van der Waals surface area contributed by atoms with Crippen molar-refractivity contribution in [1.29, 1.82) is 0 Å². The van der Waals surface area contributed by atoms with Crippen molar-refractivity contribution in [2.24, 2.45) is 0 Å². The fourth-order valence-corrected chi connectivity index (χ4v) is 5.77. The number of sulfonamides is 1. The molecule has 1 atom stereocenters. The summed E-state index contributed by atoms with van der Waals surface area (Å²) in [4.78, 5) is 8.95. The maximum Gasteiger partial charge on any atom is 0.269 e. The first-order valence-corrected chi connectivity index (χ1v) is 13.2. The van der Waals surface area contributed by atoms with Crippen LogP contribution in [0.1, 0.15) is 24.0 Å². The van der Waals surface area contributed by atoms with Crippen LogP contribution >= 0.6 is 0 Å². The Labute approximate surface area is 210 Å². The van der Waals surface area contributed by atoms with E-state index in [1.807, 2.05) is 31.2 Å². The maximum atomic E-state index is 13.9. The van der Waals surface area contributed by atoms with Crippen molar-refractivity contribution >= 4 is 32.4 Å². The Kier molecular flexibility index (Phi) is 6.46. The van der Waals surface area contributed by atoms with Crippen LogP contribution in [-0.4, -0.2) is 42.2 Å². The van der Waals surface area contributed by atoms with Gasteiger partial charge in [0.1, 0.15) is 11.9 Å². The normalized spacial score (nSPS) is 17.8. The molecule has 182 valence electrons. The number of fused-ring (bicyclic) bond motifs is 1. The van der Waals surface area contributed by atoms with E-state index in [1.54, 1.807) is 48.5 Å². The number of β-amino-alcohol motifs (C(OH)–C–C–N with tert-alkyl or cyclic N) is 1. The first kappa shape index (κ1) is 23.9. The van der Waals surface area contributed by atoms with Gasteiger partial charge in [-0.3, -0.25) is 0 Å². The Morgan fingerprint density at radius 3 is 2.61 bits per heavy atom. The molecule has 0 saturated carbocycles. The molecule has 0 amide bonds. The van der Waals surface area contributed by atoms with E-state index in [4.69, 9.17) is 0 Å². The Morgan fingerprint density at radius 1 is 1.03 bits per heavy atom. The molecule has 1 fully saturated rings. The van der Waals surface area contributed by atoms with Crippen LogP contribution in [0.25, 0.3) is 10.9 Å². The van der Waals surface area contributed by atoms with Crippen LogP contribution in [-0.2, 0) is 10.0 Å². The Bertz CT molecular complexity index is 1570. The second-order valence-corrected chi connectivity index (χ2v) is 10.7. The highest BCUT2D eigenvalue weighted by molar-refractivity contribution is 7.93. The number of nitrogens with zero attached hydrogens (tertiary/aromatic N) is 3. The lowest BCUT2D eigenvalue weighted by Gasteiger charge is -2.27. The molecular formula is C28H26N4O3S. The van der Waals surface area contributed by atoms with Crippen LogP contribution in [0, 0.1) is 18.8 Å². The number of hydrogen-bond acceptors (Lipinski definition) is 6. The first-order valence-electron chi connectivity index (χ1n) is 11.7. The summed E-state index contributed by atoms with van der Waals surface area (Å²) in [6.45, 7) is 3.19. The fraction of sp³-hybridized carbons (Fsp3) is 0.214. The van der Waals surface area contributed by atoms with E-state index >= 15 is 0 Å². The van der Waals surface area contributed by atoms with Gasteiger partial charge in [0.25, 0.3) is 10.0 Å². The van der Waals surface area contributed by atoms with Gasteiger partial charge < -0.3 is 10.4 Å². The number of aromatic nitrogens is 2. The highest BCUT2D eigenvalue weighted by Gasteiger charge is 2.30. The predicted octanol–water partition coefficient (Wildman–Crippen LogP) is 3.93. The summed E-state index contributed by atoms with van der Waals surface area (Å²) in [7, 11) is -4.01. The van der Waals surface area contributed by atoms with E-state index in [0.29, 0.717) is 35.1 Å². The number of benzene rings is 3. The molecule has 3 aromatic carbocycles. The van der Waals surface area contributed by atoms with Gasteiger partial charge in [-0.25, -0.2) is 22.7 Å². The predicted molar refractivity (Wildman–Crippen MR) is 140 cm³/mol. The summed E-state index contributed by atoms with van der Waals surface area (Å²) in [5.74, 6) is 6.29. The molecule has 5 rings (SSSR count). The van der Waals surface area contributed by atoms with Gasteiger partial charge in [-0.15, -0.1) is 0 Å². The van der Waals surface area contributed by atoms with Gasteiger partial charge in [0.05, 0.1) is 16.1 Å². The smallest absolute Gasteiger partial charge is 0.269 e. The van der Waals surface area contributed by atoms with E-state index < -0.39 is 15.6 Å². The Hall–Kier alpha value is -3.77. The first-order chi connectivity index (χ1) is 17.4. The molecule has 36 heavy (non-hydrogen) atoms. The maximum absolute atomic E-state index is 13.9. The largest absolute Gasteiger partial charge is 0.376 e. The zero-order chi connectivity index (χ0) is 25.2. The number of nitrogens with one attached hydrogen (secondary N) is 1. The van der Waals surface area contributed by atoms with Gasteiger partial charge in [-0.05, 0) is 74.3 Å². The van der Waals surface area contributed by atoms with Gasteiger partial charge in [0.15, 0.2) is 5.82 Å². The van der Waals surface area contributed by atoms with E-state index in [0.717, 1.165) is 18.5 Å². The van der Waals surface area contributed by atoms with Gasteiger partial charge in [-0.1, -0.05) is 42.2 Å².